The third-order valence-corrected chi connectivity index (χ3v) is 2.29. The third kappa shape index (κ3) is 3.35. The van der Waals surface area contributed by atoms with Crippen LogP contribution in [0.2, 0.25) is 0 Å². The van der Waals surface area contributed by atoms with Crippen molar-refractivity contribution in [3.8, 4) is 0 Å². The van der Waals surface area contributed by atoms with Crippen LogP contribution < -0.4 is 5.32 Å². The molecular formula is C10H21N3. The number of amidine groups is 1. The average molecular weight is 183 g/mol. The van der Waals surface area contributed by atoms with E-state index in [1.54, 1.807) is 0 Å². The van der Waals surface area contributed by atoms with E-state index < -0.39 is 0 Å². The maximum Gasteiger partial charge on any atom is 0.110 e. The lowest BCUT2D eigenvalue weighted by Gasteiger charge is -2.39. The molecule has 1 aliphatic heterocycles. The largest absolute Gasteiger partial charge is 0.359 e. The summed E-state index contributed by atoms with van der Waals surface area (Å²) in [4.78, 5) is 2.14. The quantitative estimate of drug-likeness (QED) is 0.507. The van der Waals surface area contributed by atoms with Crippen LogP contribution in [0.15, 0.2) is 0 Å². The topological polar surface area (TPSA) is 39.1 Å². The highest BCUT2D eigenvalue weighted by Crippen LogP contribution is 2.13. The van der Waals surface area contributed by atoms with Crippen LogP contribution in [0.3, 0.4) is 0 Å². The standard InChI is InChI=1S/C10H21N3/c1-8(2)4-12-5-10(11)13-6-9(3)7-13/h8-9,11-12H,4-7H2,1-3H3. The van der Waals surface area contributed by atoms with Crippen molar-refractivity contribution < 1.29 is 0 Å². The summed E-state index contributed by atoms with van der Waals surface area (Å²) < 4.78 is 0. The normalized spacial score (nSPS) is 17.7. The Hall–Kier alpha value is -0.570. The van der Waals surface area contributed by atoms with Crippen LogP contribution in [0, 0.1) is 17.2 Å². The maximum absolute atomic E-state index is 7.74. The first-order chi connectivity index (χ1) is 6.09. The molecule has 0 aromatic heterocycles. The monoisotopic (exact) mass is 183 g/mol. The molecule has 0 aromatic carbocycles. The summed E-state index contributed by atoms with van der Waals surface area (Å²) in [5.74, 6) is 2.20. The van der Waals surface area contributed by atoms with E-state index in [0.29, 0.717) is 5.92 Å². The highest BCUT2D eigenvalue weighted by Gasteiger charge is 2.23. The second kappa shape index (κ2) is 4.61. The second-order valence-corrected chi connectivity index (χ2v) is 4.48. The lowest BCUT2D eigenvalue weighted by atomic mass is 10.0. The van der Waals surface area contributed by atoms with Gasteiger partial charge in [-0.15, -0.1) is 0 Å². The first-order valence-corrected chi connectivity index (χ1v) is 5.12. The van der Waals surface area contributed by atoms with Crippen molar-refractivity contribution in [2.75, 3.05) is 26.2 Å². The molecule has 1 rings (SSSR count). The van der Waals surface area contributed by atoms with Crippen LogP contribution in [-0.4, -0.2) is 36.9 Å². The Morgan fingerprint density at radius 1 is 1.54 bits per heavy atom. The highest BCUT2D eigenvalue weighted by atomic mass is 15.2. The van der Waals surface area contributed by atoms with Crippen molar-refractivity contribution in [1.82, 2.24) is 10.2 Å². The van der Waals surface area contributed by atoms with E-state index in [1.165, 1.54) is 0 Å². The Balaban J connectivity index is 2.05. The van der Waals surface area contributed by atoms with Crippen molar-refractivity contribution in [2.24, 2.45) is 11.8 Å². The minimum absolute atomic E-state index is 0.670. The Kier molecular flexibility index (Phi) is 3.72. The van der Waals surface area contributed by atoms with E-state index in [2.05, 4.69) is 31.0 Å². The summed E-state index contributed by atoms with van der Waals surface area (Å²) in [6, 6.07) is 0. The van der Waals surface area contributed by atoms with Gasteiger partial charge in [0.25, 0.3) is 0 Å². The highest BCUT2D eigenvalue weighted by molar-refractivity contribution is 5.81. The molecular weight excluding hydrogens is 162 g/mol. The first kappa shape index (κ1) is 10.5. The van der Waals surface area contributed by atoms with E-state index >= 15 is 0 Å². The molecule has 1 fully saturated rings. The zero-order valence-corrected chi connectivity index (χ0v) is 8.93. The first-order valence-electron chi connectivity index (χ1n) is 5.12. The van der Waals surface area contributed by atoms with Crippen molar-refractivity contribution >= 4 is 5.84 Å². The van der Waals surface area contributed by atoms with Gasteiger partial charge in [0.2, 0.25) is 0 Å². The molecule has 0 amide bonds. The van der Waals surface area contributed by atoms with Gasteiger partial charge in [0.1, 0.15) is 5.84 Å². The van der Waals surface area contributed by atoms with Gasteiger partial charge in [0, 0.05) is 13.1 Å². The van der Waals surface area contributed by atoms with Crippen LogP contribution in [0.5, 0.6) is 0 Å². The van der Waals surface area contributed by atoms with Gasteiger partial charge >= 0.3 is 0 Å². The lowest BCUT2D eigenvalue weighted by molar-refractivity contribution is 0.200. The predicted octanol–water partition coefficient (Wildman–Crippen LogP) is 1.16. The van der Waals surface area contributed by atoms with Gasteiger partial charge in [-0.05, 0) is 18.4 Å². The molecule has 0 radical (unpaired) electrons. The smallest absolute Gasteiger partial charge is 0.110 e. The number of nitrogens with one attached hydrogen (secondary N) is 2. The van der Waals surface area contributed by atoms with Gasteiger partial charge < -0.3 is 10.2 Å². The van der Waals surface area contributed by atoms with Crippen molar-refractivity contribution in [1.29, 1.82) is 5.41 Å². The van der Waals surface area contributed by atoms with Crippen LogP contribution in [0.1, 0.15) is 20.8 Å². The molecule has 1 saturated heterocycles. The van der Waals surface area contributed by atoms with Crippen molar-refractivity contribution in [2.45, 2.75) is 20.8 Å². The van der Waals surface area contributed by atoms with Crippen LogP contribution in [0.25, 0.3) is 0 Å². The van der Waals surface area contributed by atoms with Gasteiger partial charge in [0.05, 0.1) is 6.54 Å². The fraction of sp³-hybridized carbons (Fsp3) is 0.900. The second-order valence-electron chi connectivity index (χ2n) is 4.48. The molecule has 0 atom stereocenters. The zero-order chi connectivity index (χ0) is 9.84. The Morgan fingerprint density at radius 3 is 2.62 bits per heavy atom. The number of hydrogen-bond donors (Lipinski definition) is 2. The van der Waals surface area contributed by atoms with Crippen LogP contribution in [0.4, 0.5) is 0 Å². The fourth-order valence-corrected chi connectivity index (χ4v) is 1.51. The summed E-state index contributed by atoms with van der Waals surface area (Å²) in [5, 5.41) is 11.0. The molecule has 1 heterocycles. The Bertz CT molecular complexity index is 171. The molecule has 0 bridgehead atoms. The third-order valence-electron chi connectivity index (χ3n) is 2.29. The minimum atomic E-state index is 0.670. The van der Waals surface area contributed by atoms with E-state index in [9.17, 15) is 0 Å². The minimum Gasteiger partial charge on any atom is -0.359 e. The SMILES string of the molecule is CC(C)CNCC(=N)N1CC(C)C1. The number of nitrogens with zero attached hydrogens (tertiary/aromatic N) is 1. The van der Waals surface area contributed by atoms with E-state index in [4.69, 9.17) is 5.41 Å². The number of likely N-dealkylation sites (tertiary alicyclic amines) is 1. The van der Waals surface area contributed by atoms with E-state index in [1.807, 2.05) is 0 Å². The molecule has 76 valence electrons. The van der Waals surface area contributed by atoms with Crippen LogP contribution in [-0.2, 0) is 0 Å². The molecule has 0 unspecified atom stereocenters. The Labute approximate surface area is 81.0 Å². The van der Waals surface area contributed by atoms with Crippen molar-refractivity contribution in [3.63, 3.8) is 0 Å². The molecule has 0 spiro atoms. The fourth-order valence-electron chi connectivity index (χ4n) is 1.51. The molecule has 0 aliphatic carbocycles. The summed E-state index contributed by atoms with van der Waals surface area (Å²) in [7, 11) is 0. The molecule has 0 aromatic rings. The molecule has 3 heteroatoms. The van der Waals surface area contributed by atoms with Gasteiger partial charge in [-0.3, -0.25) is 5.41 Å². The van der Waals surface area contributed by atoms with Gasteiger partial charge in [-0.1, -0.05) is 20.8 Å². The number of rotatable bonds is 4. The predicted molar refractivity (Wildman–Crippen MR) is 56.2 cm³/mol. The Morgan fingerprint density at radius 2 is 2.15 bits per heavy atom. The van der Waals surface area contributed by atoms with Gasteiger partial charge in [-0.25, -0.2) is 0 Å². The summed E-state index contributed by atoms with van der Waals surface area (Å²) in [5.41, 5.74) is 0. The molecule has 3 nitrogen and oxygen atoms in total. The molecule has 0 saturated carbocycles. The summed E-state index contributed by atoms with van der Waals surface area (Å²) in [6.07, 6.45) is 0. The maximum atomic E-state index is 7.74. The zero-order valence-electron chi connectivity index (χ0n) is 8.93. The van der Waals surface area contributed by atoms with Crippen LogP contribution >= 0.6 is 0 Å². The molecule has 13 heavy (non-hydrogen) atoms. The lowest BCUT2D eigenvalue weighted by Crippen LogP contribution is -2.51. The van der Waals surface area contributed by atoms with E-state index in [0.717, 1.165) is 37.9 Å². The average Bonchev–Trinajstić information content (AvgIpc) is 1.97. The summed E-state index contributed by atoms with van der Waals surface area (Å²) in [6.45, 7) is 10.5. The van der Waals surface area contributed by atoms with Crippen molar-refractivity contribution in [3.05, 3.63) is 0 Å². The van der Waals surface area contributed by atoms with E-state index in [-0.39, 0.29) is 0 Å². The summed E-state index contributed by atoms with van der Waals surface area (Å²) >= 11 is 0. The van der Waals surface area contributed by atoms with Gasteiger partial charge in [0.15, 0.2) is 0 Å². The molecule has 2 N–H and O–H groups in total. The molecule has 1 aliphatic rings. The number of hydrogen-bond acceptors (Lipinski definition) is 2. The van der Waals surface area contributed by atoms with Gasteiger partial charge in [-0.2, -0.15) is 0 Å².